The van der Waals surface area contributed by atoms with Crippen molar-refractivity contribution in [3.05, 3.63) is 94.4 Å². The van der Waals surface area contributed by atoms with E-state index in [1.165, 1.54) is 0 Å². The Morgan fingerprint density at radius 1 is 0.875 bits per heavy atom. The molecule has 0 saturated carbocycles. The van der Waals surface area contributed by atoms with Crippen LogP contribution in [0.15, 0.2) is 72.1 Å². The molecule has 2 aromatic carbocycles. The number of amides is 1. The number of allylic oxidation sites excluding steroid dienone is 1. The van der Waals surface area contributed by atoms with Crippen molar-refractivity contribution >= 4 is 11.9 Å². The SMILES string of the molecule is Cc1ccc(C(=O)OC2=CN(C(=O)c3ccc(C)cc3)C(CC(C)C)C(C(C)C)=C2)cc1. The molecule has 4 nitrogen and oxygen atoms in total. The van der Waals surface area contributed by atoms with Crippen molar-refractivity contribution in [3.8, 4) is 0 Å². The summed E-state index contributed by atoms with van der Waals surface area (Å²) in [5.74, 6) is 0.473. The Morgan fingerprint density at radius 3 is 1.91 bits per heavy atom. The number of hydrogen-bond donors (Lipinski definition) is 0. The second-order valence-electron chi connectivity index (χ2n) is 9.31. The van der Waals surface area contributed by atoms with E-state index in [4.69, 9.17) is 4.74 Å². The van der Waals surface area contributed by atoms with Gasteiger partial charge in [-0.2, -0.15) is 0 Å². The molecule has 0 fully saturated rings. The van der Waals surface area contributed by atoms with E-state index in [1.54, 1.807) is 23.2 Å². The smallest absolute Gasteiger partial charge is 0.343 e. The van der Waals surface area contributed by atoms with Gasteiger partial charge in [-0.05, 0) is 68.0 Å². The van der Waals surface area contributed by atoms with E-state index < -0.39 is 5.97 Å². The number of carbonyl (C=O) groups is 2. The molecule has 2 aromatic rings. The van der Waals surface area contributed by atoms with Crippen LogP contribution in [0.1, 0.15) is 66.0 Å². The highest BCUT2D eigenvalue weighted by molar-refractivity contribution is 5.96. The van der Waals surface area contributed by atoms with Crippen LogP contribution in [0.2, 0.25) is 0 Å². The molecule has 3 rings (SSSR count). The maximum atomic E-state index is 13.5. The number of rotatable bonds is 6. The summed E-state index contributed by atoms with van der Waals surface area (Å²) in [7, 11) is 0. The van der Waals surface area contributed by atoms with Gasteiger partial charge in [0.25, 0.3) is 5.91 Å². The quantitative estimate of drug-likeness (QED) is 0.494. The van der Waals surface area contributed by atoms with Gasteiger partial charge in [0, 0.05) is 5.56 Å². The first-order valence-electron chi connectivity index (χ1n) is 11.3. The fourth-order valence-corrected chi connectivity index (χ4v) is 3.89. The minimum absolute atomic E-state index is 0.0781. The molecule has 0 aromatic heterocycles. The van der Waals surface area contributed by atoms with Gasteiger partial charge in [-0.25, -0.2) is 4.79 Å². The van der Waals surface area contributed by atoms with Gasteiger partial charge in [0.05, 0.1) is 17.8 Å². The highest BCUT2D eigenvalue weighted by Gasteiger charge is 2.32. The largest absolute Gasteiger partial charge is 0.421 e. The van der Waals surface area contributed by atoms with E-state index >= 15 is 0 Å². The van der Waals surface area contributed by atoms with E-state index in [9.17, 15) is 9.59 Å². The van der Waals surface area contributed by atoms with Crippen LogP contribution in [0, 0.1) is 25.7 Å². The van der Waals surface area contributed by atoms with Gasteiger partial charge < -0.3 is 9.64 Å². The van der Waals surface area contributed by atoms with Crippen LogP contribution < -0.4 is 0 Å². The van der Waals surface area contributed by atoms with Gasteiger partial charge >= 0.3 is 5.97 Å². The molecule has 1 heterocycles. The molecule has 32 heavy (non-hydrogen) atoms. The standard InChI is InChI=1S/C28H33NO3/c1-18(2)15-26-25(19(3)4)16-24(32-28(31)23-13-9-21(6)10-14-23)17-29(26)27(30)22-11-7-20(5)8-12-22/h7-14,16-19,26H,15H2,1-6H3. The predicted octanol–water partition coefficient (Wildman–Crippen LogP) is 6.45. The molecule has 0 bridgehead atoms. The van der Waals surface area contributed by atoms with Crippen LogP contribution >= 0.6 is 0 Å². The van der Waals surface area contributed by atoms with Gasteiger partial charge in [0.2, 0.25) is 0 Å². The number of aryl methyl sites for hydroxylation is 2. The van der Waals surface area contributed by atoms with Crippen LogP contribution in [0.3, 0.4) is 0 Å². The maximum absolute atomic E-state index is 13.5. The predicted molar refractivity (Wildman–Crippen MR) is 128 cm³/mol. The summed E-state index contributed by atoms with van der Waals surface area (Å²) < 4.78 is 5.74. The molecular weight excluding hydrogens is 398 g/mol. The Hall–Kier alpha value is -3.14. The van der Waals surface area contributed by atoms with Crippen molar-refractivity contribution in [3.63, 3.8) is 0 Å². The topological polar surface area (TPSA) is 46.6 Å². The molecular formula is C28H33NO3. The molecule has 1 aliphatic rings. The molecule has 1 unspecified atom stereocenters. The Kier molecular flexibility index (Phi) is 7.34. The molecule has 0 radical (unpaired) electrons. The zero-order valence-corrected chi connectivity index (χ0v) is 19.9. The van der Waals surface area contributed by atoms with Crippen molar-refractivity contribution in [1.29, 1.82) is 0 Å². The summed E-state index contributed by atoms with van der Waals surface area (Å²) in [6.07, 6.45) is 4.45. The van der Waals surface area contributed by atoms with Crippen LogP contribution in [-0.2, 0) is 4.74 Å². The van der Waals surface area contributed by atoms with E-state index in [-0.39, 0.29) is 17.9 Å². The third kappa shape index (κ3) is 5.56. The molecule has 0 saturated heterocycles. The number of carbonyl (C=O) groups excluding carboxylic acids is 2. The van der Waals surface area contributed by atoms with E-state index in [0.29, 0.717) is 22.8 Å². The van der Waals surface area contributed by atoms with E-state index in [0.717, 1.165) is 23.1 Å². The molecule has 1 amide bonds. The minimum atomic E-state index is -0.430. The fraction of sp³-hybridized carbons (Fsp3) is 0.357. The summed E-state index contributed by atoms with van der Waals surface area (Å²) in [6.45, 7) is 12.5. The second kappa shape index (κ2) is 9.99. The molecule has 4 heteroatoms. The molecule has 0 spiro atoms. The summed E-state index contributed by atoms with van der Waals surface area (Å²) in [6, 6.07) is 14.8. The normalized spacial score (nSPS) is 16.1. The van der Waals surface area contributed by atoms with Crippen LogP contribution in [0.5, 0.6) is 0 Å². The Labute approximate surface area is 191 Å². The summed E-state index contributed by atoms with van der Waals surface area (Å²) in [5, 5.41) is 0. The van der Waals surface area contributed by atoms with E-state index in [2.05, 4.69) is 27.7 Å². The van der Waals surface area contributed by atoms with Crippen LogP contribution in [0.25, 0.3) is 0 Å². The first-order valence-corrected chi connectivity index (χ1v) is 11.3. The Bertz CT molecular complexity index is 1030. The average Bonchev–Trinajstić information content (AvgIpc) is 2.74. The lowest BCUT2D eigenvalue weighted by Gasteiger charge is -2.37. The van der Waals surface area contributed by atoms with Gasteiger partial charge in [0.1, 0.15) is 5.76 Å². The number of nitrogens with zero attached hydrogens (tertiary/aromatic N) is 1. The van der Waals surface area contributed by atoms with Gasteiger partial charge in [-0.15, -0.1) is 0 Å². The van der Waals surface area contributed by atoms with Gasteiger partial charge in [-0.3, -0.25) is 4.79 Å². The first kappa shape index (κ1) is 23.5. The Morgan fingerprint density at radius 2 is 1.41 bits per heavy atom. The minimum Gasteiger partial charge on any atom is -0.421 e. The van der Waals surface area contributed by atoms with Gasteiger partial charge in [0.15, 0.2) is 0 Å². The third-order valence-corrected chi connectivity index (χ3v) is 5.69. The molecule has 168 valence electrons. The Balaban J connectivity index is 1.97. The second-order valence-corrected chi connectivity index (χ2v) is 9.31. The highest BCUT2D eigenvalue weighted by Crippen LogP contribution is 2.32. The maximum Gasteiger partial charge on any atom is 0.343 e. The van der Waals surface area contributed by atoms with Crippen molar-refractivity contribution in [2.45, 2.75) is 54.0 Å². The van der Waals surface area contributed by atoms with Crippen molar-refractivity contribution in [2.75, 3.05) is 0 Å². The summed E-state index contributed by atoms with van der Waals surface area (Å²) in [4.78, 5) is 28.0. The molecule has 1 atom stereocenters. The third-order valence-electron chi connectivity index (χ3n) is 5.69. The first-order chi connectivity index (χ1) is 15.2. The zero-order chi connectivity index (χ0) is 23.4. The number of hydrogen-bond acceptors (Lipinski definition) is 3. The fourth-order valence-electron chi connectivity index (χ4n) is 3.89. The molecule has 1 aliphatic heterocycles. The van der Waals surface area contributed by atoms with E-state index in [1.807, 2.05) is 56.3 Å². The zero-order valence-electron chi connectivity index (χ0n) is 19.9. The van der Waals surface area contributed by atoms with Crippen LogP contribution in [0.4, 0.5) is 0 Å². The monoisotopic (exact) mass is 431 g/mol. The molecule has 0 N–H and O–H groups in total. The van der Waals surface area contributed by atoms with Crippen molar-refractivity contribution < 1.29 is 14.3 Å². The summed E-state index contributed by atoms with van der Waals surface area (Å²) >= 11 is 0. The lowest BCUT2D eigenvalue weighted by atomic mass is 9.86. The lowest BCUT2D eigenvalue weighted by molar-refractivity contribution is 0.0604. The summed E-state index contributed by atoms with van der Waals surface area (Å²) in [5.41, 5.74) is 4.37. The number of benzene rings is 2. The molecule has 0 aliphatic carbocycles. The number of esters is 1. The van der Waals surface area contributed by atoms with Crippen molar-refractivity contribution in [1.82, 2.24) is 4.90 Å². The average molecular weight is 432 g/mol. The lowest BCUT2D eigenvalue weighted by Crippen LogP contribution is -2.42. The van der Waals surface area contributed by atoms with Crippen molar-refractivity contribution in [2.24, 2.45) is 11.8 Å². The highest BCUT2D eigenvalue weighted by atomic mass is 16.5. The number of ether oxygens (including phenoxy) is 1. The van der Waals surface area contributed by atoms with Crippen LogP contribution in [-0.4, -0.2) is 22.8 Å². The van der Waals surface area contributed by atoms with Gasteiger partial charge in [-0.1, -0.05) is 63.1 Å².